The van der Waals surface area contributed by atoms with E-state index in [2.05, 4.69) is 26.8 Å². The zero-order valence-corrected chi connectivity index (χ0v) is 16.6. The molecule has 1 unspecified atom stereocenters. The second-order valence-corrected chi connectivity index (χ2v) is 10.0. The number of hydrogen-bond donors (Lipinski definition) is 0. The van der Waals surface area contributed by atoms with Crippen molar-refractivity contribution in [1.29, 1.82) is 0 Å². The van der Waals surface area contributed by atoms with Gasteiger partial charge in [-0.3, -0.25) is 4.79 Å². The summed E-state index contributed by atoms with van der Waals surface area (Å²) in [6.45, 7) is 7.20. The minimum atomic E-state index is -0.000864. The number of allylic oxidation sites excluding steroid dienone is 2. The molecule has 4 aliphatic carbocycles. The maximum Gasteiger partial charge on any atom is 0.308 e. The Kier molecular flexibility index (Phi) is 4.32. The van der Waals surface area contributed by atoms with Crippen molar-refractivity contribution in [1.82, 2.24) is 0 Å². The highest BCUT2D eigenvalue weighted by atomic mass is 16.5. The Morgan fingerprint density at radius 3 is 2.72 bits per heavy atom. The van der Waals surface area contributed by atoms with E-state index in [-0.39, 0.29) is 11.9 Å². The molecule has 0 aromatic carbocycles. The molecule has 0 aromatic rings. The lowest BCUT2D eigenvalue weighted by atomic mass is 9.47. The molecule has 2 nitrogen and oxygen atoms in total. The summed E-state index contributed by atoms with van der Waals surface area (Å²) < 4.78 is 5.09. The van der Waals surface area contributed by atoms with Crippen LogP contribution in [0.15, 0.2) is 11.6 Å². The van der Waals surface area contributed by atoms with Crippen LogP contribution in [0.3, 0.4) is 0 Å². The third-order valence-electron chi connectivity index (χ3n) is 9.27. The zero-order valence-electron chi connectivity index (χ0n) is 16.6. The molecule has 140 valence electrons. The number of ether oxygens (including phenoxy) is 1. The number of esters is 1. The number of rotatable bonds is 2. The lowest BCUT2D eigenvalue weighted by Gasteiger charge is -2.58. The molecule has 0 N–H and O–H groups in total. The number of methoxy groups -OCH3 is 1. The molecule has 4 rings (SSSR count). The zero-order chi connectivity index (χ0) is 17.8. The van der Waals surface area contributed by atoms with E-state index >= 15 is 0 Å². The molecular formula is C23H36O2. The highest BCUT2D eigenvalue weighted by Gasteiger charge is 2.59. The summed E-state index contributed by atoms with van der Waals surface area (Å²) in [7, 11) is 1.54. The van der Waals surface area contributed by atoms with Gasteiger partial charge in [0.2, 0.25) is 0 Å². The minimum absolute atomic E-state index is 0.000864. The van der Waals surface area contributed by atoms with Crippen LogP contribution in [0.2, 0.25) is 0 Å². The maximum atomic E-state index is 12.2. The van der Waals surface area contributed by atoms with E-state index in [1.165, 1.54) is 57.8 Å². The van der Waals surface area contributed by atoms with Gasteiger partial charge in [-0.2, -0.15) is 0 Å². The van der Waals surface area contributed by atoms with Gasteiger partial charge in [0.05, 0.1) is 13.0 Å². The van der Waals surface area contributed by atoms with Crippen molar-refractivity contribution >= 4 is 5.97 Å². The second-order valence-electron chi connectivity index (χ2n) is 10.0. The molecule has 0 saturated heterocycles. The lowest BCUT2D eigenvalue weighted by Crippen LogP contribution is -2.50. The van der Waals surface area contributed by atoms with E-state index in [0.717, 1.165) is 17.8 Å². The quantitative estimate of drug-likeness (QED) is 0.470. The summed E-state index contributed by atoms with van der Waals surface area (Å²) in [4.78, 5) is 12.2. The van der Waals surface area contributed by atoms with Crippen molar-refractivity contribution in [2.45, 2.75) is 78.6 Å². The fourth-order valence-corrected chi connectivity index (χ4v) is 7.91. The molecule has 3 saturated carbocycles. The van der Waals surface area contributed by atoms with Crippen LogP contribution in [0, 0.1) is 40.4 Å². The van der Waals surface area contributed by atoms with Crippen molar-refractivity contribution < 1.29 is 9.53 Å². The monoisotopic (exact) mass is 344 g/mol. The highest BCUT2D eigenvalue weighted by molar-refractivity contribution is 5.72. The smallest absolute Gasteiger partial charge is 0.308 e. The van der Waals surface area contributed by atoms with Crippen LogP contribution in [0.25, 0.3) is 0 Å². The average molecular weight is 345 g/mol. The minimum Gasteiger partial charge on any atom is -0.469 e. The first-order chi connectivity index (χ1) is 11.9. The van der Waals surface area contributed by atoms with Gasteiger partial charge in [0.25, 0.3) is 0 Å². The summed E-state index contributed by atoms with van der Waals surface area (Å²) in [5.74, 6) is 3.10. The van der Waals surface area contributed by atoms with E-state index in [1.54, 1.807) is 12.7 Å². The Bertz CT molecular complexity index is 579. The van der Waals surface area contributed by atoms with Gasteiger partial charge in [-0.05, 0) is 85.9 Å². The molecule has 0 bridgehead atoms. The van der Waals surface area contributed by atoms with Crippen molar-refractivity contribution in [3.8, 4) is 0 Å². The maximum absolute atomic E-state index is 12.2. The highest BCUT2D eigenvalue weighted by Crippen LogP contribution is 2.67. The van der Waals surface area contributed by atoms with Crippen LogP contribution in [-0.4, -0.2) is 13.1 Å². The van der Waals surface area contributed by atoms with E-state index in [4.69, 9.17) is 4.74 Å². The molecule has 4 aliphatic rings. The molecule has 0 radical (unpaired) electrons. The summed E-state index contributed by atoms with van der Waals surface area (Å²) in [6, 6.07) is 0. The fraction of sp³-hybridized carbons (Fsp3) is 0.870. The second kappa shape index (κ2) is 6.13. The molecule has 0 spiro atoms. The van der Waals surface area contributed by atoms with Crippen molar-refractivity contribution in [2.75, 3.05) is 7.11 Å². The predicted octanol–water partition coefficient (Wildman–Crippen LogP) is 5.76. The average Bonchev–Trinajstić information content (AvgIpc) is 2.97. The summed E-state index contributed by atoms with van der Waals surface area (Å²) >= 11 is 0. The third-order valence-corrected chi connectivity index (χ3v) is 9.27. The van der Waals surface area contributed by atoms with Crippen LogP contribution >= 0.6 is 0 Å². The Balaban J connectivity index is 1.62. The van der Waals surface area contributed by atoms with Gasteiger partial charge >= 0.3 is 5.97 Å². The van der Waals surface area contributed by atoms with E-state index in [0.29, 0.717) is 16.7 Å². The van der Waals surface area contributed by atoms with Crippen LogP contribution in [0.5, 0.6) is 0 Å². The number of carbonyl (C=O) groups is 1. The first kappa shape index (κ1) is 17.6. The Morgan fingerprint density at radius 1 is 1.16 bits per heavy atom. The number of hydrogen-bond acceptors (Lipinski definition) is 2. The van der Waals surface area contributed by atoms with Gasteiger partial charge in [-0.1, -0.05) is 38.8 Å². The van der Waals surface area contributed by atoms with Gasteiger partial charge in [0, 0.05) is 0 Å². The van der Waals surface area contributed by atoms with Gasteiger partial charge < -0.3 is 4.74 Å². The molecular weight excluding hydrogens is 308 g/mol. The van der Waals surface area contributed by atoms with Crippen molar-refractivity contribution in [3.63, 3.8) is 0 Å². The Morgan fingerprint density at radius 2 is 1.96 bits per heavy atom. The number of carbonyl (C=O) groups excluding carboxylic acids is 1. The van der Waals surface area contributed by atoms with Gasteiger partial charge in [0.15, 0.2) is 0 Å². The number of fused-ring (bicyclic) bond motifs is 5. The normalized spacial score (nSPS) is 47.1. The molecule has 0 amide bonds. The van der Waals surface area contributed by atoms with E-state index < -0.39 is 0 Å². The van der Waals surface area contributed by atoms with Crippen LogP contribution in [0.1, 0.15) is 78.6 Å². The third kappa shape index (κ3) is 2.46. The molecule has 25 heavy (non-hydrogen) atoms. The topological polar surface area (TPSA) is 26.3 Å². The first-order valence-corrected chi connectivity index (χ1v) is 10.7. The Hall–Kier alpha value is -0.790. The van der Waals surface area contributed by atoms with E-state index in [1.807, 2.05) is 0 Å². The lowest BCUT2D eigenvalue weighted by molar-refractivity contribution is -0.149. The molecule has 0 aliphatic heterocycles. The summed E-state index contributed by atoms with van der Waals surface area (Å²) in [5.41, 5.74) is 2.61. The van der Waals surface area contributed by atoms with Crippen molar-refractivity contribution in [3.05, 3.63) is 11.6 Å². The molecule has 0 heterocycles. The molecule has 0 aromatic heterocycles. The van der Waals surface area contributed by atoms with Gasteiger partial charge in [-0.15, -0.1) is 0 Å². The SMILES string of the molecule is COC(=O)C(C)[C@H]1CC[C@H]2[C@@H]3CC=C4CCCC[C@]4(C)[C@H]3CC[C@]12C. The largest absolute Gasteiger partial charge is 0.469 e. The molecule has 2 heteroatoms. The fourth-order valence-electron chi connectivity index (χ4n) is 7.91. The van der Waals surface area contributed by atoms with Gasteiger partial charge in [-0.25, -0.2) is 0 Å². The summed E-state index contributed by atoms with van der Waals surface area (Å²) in [6.07, 6.45) is 14.7. The van der Waals surface area contributed by atoms with Gasteiger partial charge in [0.1, 0.15) is 0 Å². The van der Waals surface area contributed by atoms with Crippen LogP contribution in [-0.2, 0) is 9.53 Å². The summed E-state index contributed by atoms with van der Waals surface area (Å²) in [5, 5.41) is 0. The first-order valence-electron chi connectivity index (χ1n) is 10.7. The molecule has 7 atom stereocenters. The molecule has 3 fully saturated rings. The van der Waals surface area contributed by atoms with Crippen molar-refractivity contribution in [2.24, 2.45) is 40.4 Å². The van der Waals surface area contributed by atoms with E-state index in [9.17, 15) is 4.79 Å². The predicted molar refractivity (Wildman–Crippen MR) is 101 cm³/mol. The van der Waals surface area contributed by atoms with Crippen LogP contribution < -0.4 is 0 Å². The standard InChI is InChI=1S/C23H36O2/c1-15(21(24)25-4)18-10-11-19-17-9-8-16-7-5-6-13-22(16,2)20(17)12-14-23(18,19)3/h8,15,17-20H,5-7,9-14H2,1-4H3/t15?,17-,18+,19-,20-,22-,23+/m0/s1. The Labute approximate surface area is 153 Å². The van der Waals surface area contributed by atoms with Crippen LogP contribution in [0.4, 0.5) is 0 Å².